The SMILES string of the molecule is COc1ccc(N2CCN(CCCc3ccc4c(C5CCCCC5)cc(=O)oc4c3)CC2)cc1. The van der Waals surface area contributed by atoms with Crippen LogP contribution in [0.1, 0.15) is 55.6 Å². The van der Waals surface area contributed by atoms with Crippen molar-refractivity contribution in [3.63, 3.8) is 0 Å². The molecule has 0 spiro atoms. The molecule has 2 heterocycles. The number of benzene rings is 2. The summed E-state index contributed by atoms with van der Waals surface area (Å²) >= 11 is 0. The molecule has 5 heteroatoms. The summed E-state index contributed by atoms with van der Waals surface area (Å²) in [7, 11) is 1.70. The lowest BCUT2D eigenvalue weighted by molar-refractivity contribution is 0.255. The second-order valence-corrected chi connectivity index (χ2v) is 9.82. The predicted molar refractivity (Wildman–Crippen MR) is 138 cm³/mol. The Kier molecular flexibility index (Phi) is 7.19. The molecule has 3 aromatic rings. The first-order valence-electron chi connectivity index (χ1n) is 12.9. The standard InChI is InChI=1S/C29H36N2O3/c1-33-25-12-10-24(11-13-25)31-18-16-30(17-19-31)15-5-6-22-9-14-26-27(23-7-3-2-4-8-23)21-29(32)34-28(26)20-22/h9-14,20-21,23H,2-8,15-19H2,1H3. The summed E-state index contributed by atoms with van der Waals surface area (Å²) in [6.45, 7) is 5.38. The molecule has 1 saturated heterocycles. The van der Waals surface area contributed by atoms with Crippen LogP contribution in [0, 0.1) is 0 Å². The average molecular weight is 461 g/mol. The van der Waals surface area contributed by atoms with Crippen LogP contribution < -0.4 is 15.3 Å². The Balaban J connectivity index is 1.15. The molecule has 2 fully saturated rings. The fraction of sp³-hybridized carbons (Fsp3) is 0.483. The lowest BCUT2D eigenvalue weighted by Crippen LogP contribution is -2.46. The van der Waals surface area contributed by atoms with E-state index in [0.29, 0.717) is 5.92 Å². The van der Waals surface area contributed by atoms with E-state index in [4.69, 9.17) is 9.15 Å². The Bertz CT molecular complexity index is 1140. The minimum absolute atomic E-state index is 0.208. The summed E-state index contributed by atoms with van der Waals surface area (Å²) in [5.41, 5.74) is 4.28. The molecule has 1 aliphatic heterocycles. The number of rotatable bonds is 7. The van der Waals surface area contributed by atoms with E-state index in [1.54, 1.807) is 13.2 Å². The van der Waals surface area contributed by atoms with Crippen molar-refractivity contribution in [3.05, 3.63) is 70.1 Å². The normalized spacial score (nSPS) is 17.9. The number of ether oxygens (including phenoxy) is 1. The van der Waals surface area contributed by atoms with E-state index in [9.17, 15) is 4.79 Å². The van der Waals surface area contributed by atoms with Crippen LogP contribution in [-0.2, 0) is 6.42 Å². The number of piperazine rings is 1. The zero-order valence-electron chi connectivity index (χ0n) is 20.3. The van der Waals surface area contributed by atoms with Crippen LogP contribution in [0.5, 0.6) is 5.75 Å². The second-order valence-electron chi connectivity index (χ2n) is 9.82. The van der Waals surface area contributed by atoms with Gasteiger partial charge < -0.3 is 14.1 Å². The monoisotopic (exact) mass is 460 g/mol. The number of fused-ring (bicyclic) bond motifs is 1. The number of anilines is 1. The van der Waals surface area contributed by atoms with Gasteiger partial charge in [0.15, 0.2) is 0 Å². The Labute approximate surface area is 202 Å². The molecule has 1 aliphatic carbocycles. The van der Waals surface area contributed by atoms with Crippen LogP contribution in [0.2, 0.25) is 0 Å². The minimum atomic E-state index is -0.208. The molecule has 2 aromatic carbocycles. The number of hydrogen-bond donors (Lipinski definition) is 0. The van der Waals surface area contributed by atoms with Crippen molar-refractivity contribution in [1.82, 2.24) is 4.90 Å². The van der Waals surface area contributed by atoms with E-state index in [0.717, 1.165) is 62.3 Å². The van der Waals surface area contributed by atoms with E-state index >= 15 is 0 Å². The zero-order valence-corrected chi connectivity index (χ0v) is 20.3. The van der Waals surface area contributed by atoms with Crippen molar-refractivity contribution >= 4 is 16.7 Å². The lowest BCUT2D eigenvalue weighted by Gasteiger charge is -2.36. The van der Waals surface area contributed by atoms with Gasteiger partial charge in [0, 0.05) is 43.3 Å². The molecule has 0 radical (unpaired) electrons. The molecule has 1 saturated carbocycles. The Hall–Kier alpha value is -2.79. The number of methoxy groups -OCH3 is 1. The number of nitrogens with zero attached hydrogens (tertiary/aromatic N) is 2. The summed E-state index contributed by atoms with van der Waals surface area (Å²) < 4.78 is 10.9. The van der Waals surface area contributed by atoms with Gasteiger partial charge in [-0.2, -0.15) is 0 Å². The van der Waals surface area contributed by atoms with Crippen molar-refractivity contribution in [2.75, 3.05) is 44.7 Å². The molecule has 0 amide bonds. The van der Waals surface area contributed by atoms with Crippen LogP contribution >= 0.6 is 0 Å². The summed E-state index contributed by atoms with van der Waals surface area (Å²) in [6.07, 6.45) is 8.33. The van der Waals surface area contributed by atoms with Crippen LogP contribution in [0.3, 0.4) is 0 Å². The molecule has 5 rings (SSSR count). The molecule has 1 aromatic heterocycles. The highest BCUT2D eigenvalue weighted by Crippen LogP contribution is 2.36. The highest BCUT2D eigenvalue weighted by Gasteiger charge is 2.20. The van der Waals surface area contributed by atoms with Gasteiger partial charge in [0.25, 0.3) is 0 Å². The molecule has 0 bridgehead atoms. The van der Waals surface area contributed by atoms with Gasteiger partial charge in [0.2, 0.25) is 0 Å². The van der Waals surface area contributed by atoms with Gasteiger partial charge in [0.05, 0.1) is 7.11 Å². The Morgan fingerprint density at radius 2 is 1.71 bits per heavy atom. The van der Waals surface area contributed by atoms with Crippen LogP contribution in [0.4, 0.5) is 5.69 Å². The van der Waals surface area contributed by atoms with E-state index < -0.39 is 0 Å². The molecular weight excluding hydrogens is 424 g/mol. The number of hydrogen-bond acceptors (Lipinski definition) is 5. The maximum atomic E-state index is 12.3. The van der Waals surface area contributed by atoms with Gasteiger partial charge in [-0.3, -0.25) is 4.90 Å². The smallest absolute Gasteiger partial charge is 0.336 e. The van der Waals surface area contributed by atoms with Crippen molar-refractivity contribution in [2.45, 2.75) is 50.9 Å². The molecule has 0 N–H and O–H groups in total. The molecule has 180 valence electrons. The van der Waals surface area contributed by atoms with Crippen LogP contribution in [0.15, 0.2) is 57.7 Å². The van der Waals surface area contributed by atoms with Gasteiger partial charge in [0.1, 0.15) is 11.3 Å². The van der Waals surface area contributed by atoms with Gasteiger partial charge in [-0.25, -0.2) is 4.79 Å². The van der Waals surface area contributed by atoms with E-state index in [1.165, 1.54) is 48.9 Å². The van der Waals surface area contributed by atoms with Crippen molar-refractivity contribution < 1.29 is 9.15 Å². The average Bonchev–Trinajstić information content (AvgIpc) is 2.89. The van der Waals surface area contributed by atoms with Gasteiger partial charge >= 0.3 is 5.63 Å². The largest absolute Gasteiger partial charge is 0.497 e. The third-order valence-electron chi connectivity index (χ3n) is 7.64. The van der Waals surface area contributed by atoms with Crippen LogP contribution in [0.25, 0.3) is 11.0 Å². The third kappa shape index (κ3) is 5.30. The summed E-state index contributed by atoms with van der Waals surface area (Å²) in [4.78, 5) is 17.3. The maximum Gasteiger partial charge on any atom is 0.336 e. The second kappa shape index (κ2) is 10.6. The molecule has 0 unspecified atom stereocenters. The van der Waals surface area contributed by atoms with E-state index in [2.05, 4.69) is 40.1 Å². The predicted octanol–water partition coefficient (Wildman–Crippen LogP) is 5.60. The summed E-state index contributed by atoms with van der Waals surface area (Å²) in [6, 6.07) is 16.6. The minimum Gasteiger partial charge on any atom is -0.497 e. The quantitative estimate of drug-likeness (QED) is 0.429. The van der Waals surface area contributed by atoms with Gasteiger partial charge in [-0.05, 0) is 79.6 Å². The van der Waals surface area contributed by atoms with Crippen molar-refractivity contribution in [2.24, 2.45) is 0 Å². The van der Waals surface area contributed by atoms with Crippen LogP contribution in [-0.4, -0.2) is 44.7 Å². The Morgan fingerprint density at radius 3 is 2.44 bits per heavy atom. The fourth-order valence-electron chi connectivity index (χ4n) is 5.67. The number of aryl methyl sites for hydroxylation is 1. The first kappa shape index (κ1) is 23.0. The first-order chi connectivity index (χ1) is 16.7. The Morgan fingerprint density at radius 1 is 0.941 bits per heavy atom. The molecule has 5 nitrogen and oxygen atoms in total. The summed E-state index contributed by atoms with van der Waals surface area (Å²) in [5.74, 6) is 1.41. The topological polar surface area (TPSA) is 45.9 Å². The lowest BCUT2D eigenvalue weighted by atomic mass is 9.83. The zero-order chi connectivity index (χ0) is 23.3. The molecule has 0 atom stereocenters. The highest BCUT2D eigenvalue weighted by atomic mass is 16.5. The highest BCUT2D eigenvalue weighted by molar-refractivity contribution is 5.81. The maximum absolute atomic E-state index is 12.3. The van der Waals surface area contributed by atoms with Gasteiger partial charge in [-0.1, -0.05) is 31.4 Å². The van der Waals surface area contributed by atoms with E-state index in [1.807, 2.05) is 12.1 Å². The van der Waals surface area contributed by atoms with E-state index in [-0.39, 0.29) is 5.63 Å². The van der Waals surface area contributed by atoms with Crippen molar-refractivity contribution in [1.29, 1.82) is 0 Å². The molecular formula is C29H36N2O3. The third-order valence-corrected chi connectivity index (χ3v) is 7.64. The van der Waals surface area contributed by atoms with Gasteiger partial charge in [-0.15, -0.1) is 0 Å². The molecule has 34 heavy (non-hydrogen) atoms. The first-order valence-corrected chi connectivity index (χ1v) is 12.9. The molecule has 2 aliphatic rings. The summed E-state index contributed by atoms with van der Waals surface area (Å²) in [5, 5.41) is 1.13. The fourth-order valence-corrected chi connectivity index (χ4v) is 5.67. The van der Waals surface area contributed by atoms with Crippen molar-refractivity contribution in [3.8, 4) is 5.75 Å².